The first-order valence-electron chi connectivity index (χ1n) is 8.63. The molecule has 0 fully saturated rings. The van der Waals surface area contributed by atoms with Crippen molar-refractivity contribution in [3.8, 4) is 0 Å². The number of alkyl halides is 2. The topological polar surface area (TPSA) is 62.5 Å². The molecule has 0 aliphatic rings. The van der Waals surface area contributed by atoms with Crippen molar-refractivity contribution < 1.29 is 23.1 Å². The fourth-order valence-corrected chi connectivity index (χ4v) is 4.94. The molecule has 8 heteroatoms. The summed E-state index contributed by atoms with van der Waals surface area (Å²) in [5, 5.41) is 1.17. The summed E-state index contributed by atoms with van der Waals surface area (Å²) in [6, 6.07) is 8.29. The molecule has 2 aromatic carbocycles. The molecule has 0 aliphatic heterocycles. The Labute approximate surface area is 170 Å². The van der Waals surface area contributed by atoms with Gasteiger partial charge in [-0.05, 0) is 56.5 Å². The lowest BCUT2D eigenvalue weighted by atomic mass is 10.1. The number of aryl methyl sites for hydroxylation is 3. The minimum Gasteiger partial charge on any atom is -0.340 e. The van der Waals surface area contributed by atoms with Crippen molar-refractivity contribution in [2.75, 3.05) is 0 Å². The van der Waals surface area contributed by atoms with E-state index in [4.69, 9.17) is 9.79 Å². The van der Waals surface area contributed by atoms with Crippen LogP contribution in [0, 0.1) is 27.7 Å². The number of hydrogen-bond donors (Lipinski definition) is 2. The van der Waals surface area contributed by atoms with E-state index in [0.717, 1.165) is 28.4 Å². The molecule has 4 nitrogen and oxygen atoms in total. The van der Waals surface area contributed by atoms with Gasteiger partial charge in [0.2, 0.25) is 0 Å². The van der Waals surface area contributed by atoms with Crippen molar-refractivity contribution in [3.63, 3.8) is 0 Å². The van der Waals surface area contributed by atoms with E-state index in [1.165, 1.54) is 28.6 Å². The zero-order valence-electron chi connectivity index (χ0n) is 15.9. The highest BCUT2D eigenvalue weighted by Gasteiger charge is 2.51. The van der Waals surface area contributed by atoms with Crippen LogP contribution in [0.15, 0.2) is 34.8 Å². The first-order chi connectivity index (χ1) is 12.8. The molecule has 1 heterocycles. The van der Waals surface area contributed by atoms with Gasteiger partial charge in [-0.3, -0.25) is 4.57 Å². The SMILES string of the molecule is Cc1cc(C)c2c(c1)c(C)c(C)n2Cc1ccc(C(F)(F)P(=O)(O)O)c(Br)c1. The van der Waals surface area contributed by atoms with Crippen LogP contribution in [0.4, 0.5) is 8.78 Å². The summed E-state index contributed by atoms with van der Waals surface area (Å²) in [7, 11) is -5.62. The summed E-state index contributed by atoms with van der Waals surface area (Å²) in [6.45, 7) is 8.64. The van der Waals surface area contributed by atoms with Gasteiger partial charge in [-0.25, -0.2) is 0 Å². The summed E-state index contributed by atoms with van der Waals surface area (Å²) in [5.74, 6) is 0. The summed E-state index contributed by atoms with van der Waals surface area (Å²) in [6.07, 6.45) is 0. The van der Waals surface area contributed by atoms with Gasteiger partial charge in [-0.1, -0.05) is 39.7 Å². The average Bonchev–Trinajstić information content (AvgIpc) is 2.79. The number of aromatic nitrogens is 1. The van der Waals surface area contributed by atoms with E-state index >= 15 is 0 Å². The van der Waals surface area contributed by atoms with Gasteiger partial charge in [0.05, 0.1) is 5.52 Å². The maximum atomic E-state index is 14.1. The van der Waals surface area contributed by atoms with E-state index in [1.54, 1.807) is 0 Å². The predicted molar refractivity (Wildman–Crippen MR) is 110 cm³/mol. The molecular formula is C20H21BrF2NO3P. The minimum absolute atomic E-state index is 0.0308. The fraction of sp³-hybridized carbons (Fsp3) is 0.300. The lowest BCUT2D eigenvalue weighted by molar-refractivity contribution is 0.0557. The lowest BCUT2D eigenvalue weighted by Gasteiger charge is -2.20. The summed E-state index contributed by atoms with van der Waals surface area (Å²) in [4.78, 5) is 17.9. The summed E-state index contributed by atoms with van der Waals surface area (Å²) < 4.78 is 41.4. The summed E-state index contributed by atoms with van der Waals surface area (Å²) in [5.41, 5.74) is 1.45. The first kappa shape index (κ1) is 21.2. The van der Waals surface area contributed by atoms with E-state index in [9.17, 15) is 13.3 Å². The first-order valence-corrected chi connectivity index (χ1v) is 11.0. The molecule has 0 atom stereocenters. The van der Waals surface area contributed by atoms with Crippen LogP contribution < -0.4 is 0 Å². The molecule has 1 aromatic heterocycles. The van der Waals surface area contributed by atoms with E-state index in [0.29, 0.717) is 6.54 Å². The smallest absolute Gasteiger partial charge is 0.340 e. The Kier molecular flexibility index (Phi) is 5.34. The molecule has 150 valence electrons. The molecule has 0 unspecified atom stereocenters. The third kappa shape index (κ3) is 3.45. The fourth-order valence-electron chi connectivity index (χ4n) is 3.61. The van der Waals surface area contributed by atoms with Gasteiger partial charge in [0, 0.05) is 27.7 Å². The maximum Gasteiger partial charge on any atom is 0.399 e. The minimum atomic E-state index is -5.62. The highest BCUT2D eigenvalue weighted by molar-refractivity contribution is 9.10. The second-order valence-corrected chi connectivity index (χ2v) is 9.68. The van der Waals surface area contributed by atoms with Crippen LogP contribution in [0.5, 0.6) is 0 Å². The highest BCUT2D eigenvalue weighted by atomic mass is 79.9. The molecule has 0 aliphatic carbocycles. The zero-order valence-corrected chi connectivity index (χ0v) is 18.4. The third-order valence-corrected chi connectivity index (χ3v) is 6.76. The Morgan fingerprint density at radius 3 is 2.32 bits per heavy atom. The number of nitrogens with zero attached hydrogens (tertiary/aromatic N) is 1. The van der Waals surface area contributed by atoms with Crippen LogP contribution >= 0.6 is 23.5 Å². The molecule has 2 N–H and O–H groups in total. The van der Waals surface area contributed by atoms with E-state index in [1.807, 2.05) is 13.8 Å². The maximum absolute atomic E-state index is 14.1. The standard InChI is InChI=1S/C20H21BrF2NO3P/c1-11-7-12(2)19-16(8-11)13(3)14(4)24(19)10-15-5-6-17(18(21)9-15)20(22,23)28(25,26)27/h5-9H,10H2,1-4H3,(H2,25,26,27). The Balaban J connectivity index is 2.08. The summed E-state index contributed by atoms with van der Waals surface area (Å²) >= 11 is 3.05. The van der Waals surface area contributed by atoms with E-state index < -0.39 is 18.8 Å². The molecule has 0 radical (unpaired) electrons. The Bertz CT molecular complexity index is 1130. The quantitative estimate of drug-likeness (QED) is 0.464. The van der Waals surface area contributed by atoms with Crippen LogP contribution in [-0.2, 0) is 16.8 Å². The zero-order chi connectivity index (χ0) is 21.0. The van der Waals surface area contributed by atoms with Crippen molar-refractivity contribution in [2.24, 2.45) is 0 Å². The normalized spacial score (nSPS) is 12.8. The van der Waals surface area contributed by atoms with Crippen LogP contribution in [0.2, 0.25) is 0 Å². The number of fused-ring (bicyclic) bond motifs is 1. The van der Waals surface area contributed by atoms with Crippen LogP contribution in [0.3, 0.4) is 0 Å². The van der Waals surface area contributed by atoms with E-state index in [-0.39, 0.29) is 4.47 Å². The molecule has 0 bridgehead atoms. The second kappa shape index (κ2) is 7.06. The van der Waals surface area contributed by atoms with Crippen molar-refractivity contribution >= 4 is 34.4 Å². The number of halogens is 3. The van der Waals surface area contributed by atoms with Gasteiger partial charge in [0.15, 0.2) is 0 Å². The second-order valence-electron chi connectivity index (χ2n) is 7.17. The molecule has 0 saturated heterocycles. The van der Waals surface area contributed by atoms with Gasteiger partial charge in [0.1, 0.15) is 0 Å². The average molecular weight is 472 g/mol. The van der Waals surface area contributed by atoms with Gasteiger partial charge in [-0.2, -0.15) is 8.78 Å². The third-order valence-electron chi connectivity index (χ3n) is 5.13. The van der Waals surface area contributed by atoms with Crippen LogP contribution in [0.1, 0.15) is 33.5 Å². The lowest BCUT2D eigenvalue weighted by Crippen LogP contribution is -2.15. The molecule has 0 amide bonds. The Morgan fingerprint density at radius 1 is 1.11 bits per heavy atom. The van der Waals surface area contributed by atoms with Crippen LogP contribution in [-0.4, -0.2) is 14.4 Å². The predicted octanol–water partition coefficient (Wildman–Crippen LogP) is 5.91. The van der Waals surface area contributed by atoms with Gasteiger partial charge in [-0.15, -0.1) is 0 Å². The largest absolute Gasteiger partial charge is 0.399 e. The molecule has 0 saturated carbocycles. The highest BCUT2D eigenvalue weighted by Crippen LogP contribution is 2.60. The van der Waals surface area contributed by atoms with Gasteiger partial charge in [0.25, 0.3) is 0 Å². The molecule has 28 heavy (non-hydrogen) atoms. The van der Waals surface area contributed by atoms with E-state index in [2.05, 4.69) is 46.5 Å². The van der Waals surface area contributed by atoms with Gasteiger partial charge >= 0.3 is 13.3 Å². The van der Waals surface area contributed by atoms with Gasteiger partial charge < -0.3 is 14.4 Å². The van der Waals surface area contributed by atoms with Crippen molar-refractivity contribution in [1.29, 1.82) is 0 Å². The van der Waals surface area contributed by atoms with Crippen molar-refractivity contribution in [3.05, 3.63) is 68.3 Å². The Morgan fingerprint density at radius 2 is 1.75 bits per heavy atom. The molecule has 3 aromatic rings. The molecular weight excluding hydrogens is 451 g/mol. The number of benzene rings is 2. The number of hydrogen-bond acceptors (Lipinski definition) is 1. The monoisotopic (exact) mass is 471 g/mol. The van der Waals surface area contributed by atoms with Crippen LogP contribution in [0.25, 0.3) is 10.9 Å². The molecule has 0 spiro atoms. The van der Waals surface area contributed by atoms with Crippen molar-refractivity contribution in [2.45, 2.75) is 39.9 Å². The van der Waals surface area contributed by atoms with Crippen molar-refractivity contribution in [1.82, 2.24) is 4.57 Å². The molecule has 3 rings (SSSR count). The number of rotatable bonds is 4. The Hall–Kier alpha value is -1.53.